The summed E-state index contributed by atoms with van der Waals surface area (Å²) in [4.78, 5) is 35.8. The number of hydrogen-bond acceptors (Lipinski definition) is 6. The first-order valence-electron chi connectivity index (χ1n) is 10.6. The summed E-state index contributed by atoms with van der Waals surface area (Å²) >= 11 is 0. The molecule has 1 saturated heterocycles. The van der Waals surface area contributed by atoms with Gasteiger partial charge in [-0.05, 0) is 38.3 Å². The molecule has 1 fully saturated rings. The van der Waals surface area contributed by atoms with Crippen molar-refractivity contribution >= 4 is 11.8 Å². The number of nitrogens with zero attached hydrogens (tertiary/aromatic N) is 3. The van der Waals surface area contributed by atoms with E-state index in [1.54, 1.807) is 13.3 Å². The Kier molecular flexibility index (Phi) is 8.35. The first-order valence-corrected chi connectivity index (χ1v) is 10.6. The van der Waals surface area contributed by atoms with Gasteiger partial charge in [-0.15, -0.1) is 0 Å². The lowest BCUT2D eigenvalue weighted by atomic mass is 9.90. The normalized spacial score (nSPS) is 14.3. The molecule has 2 amide bonds. The molecule has 0 bridgehead atoms. The maximum absolute atomic E-state index is 12.7. The van der Waals surface area contributed by atoms with Crippen molar-refractivity contribution in [3.8, 4) is 5.75 Å². The van der Waals surface area contributed by atoms with Crippen molar-refractivity contribution in [2.45, 2.75) is 32.1 Å². The van der Waals surface area contributed by atoms with Crippen LogP contribution >= 0.6 is 0 Å². The SMILES string of the molecule is COCCCNC(=O)c1cnc(C)nc1C1CCN(C(=O)COc2ccccc2)CC1. The molecule has 0 radical (unpaired) electrons. The molecule has 31 heavy (non-hydrogen) atoms. The highest BCUT2D eigenvalue weighted by molar-refractivity contribution is 5.95. The lowest BCUT2D eigenvalue weighted by molar-refractivity contribution is -0.134. The molecule has 8 nitrogen and oxygen atoms in total. The van der Waals surface area contributed by atoms with Gasteiger partial charge in [0.25, 0.3) is 11.8 Å². The molecule has 8 heteroatoms. The Labute approximate surface area is 183 Å². The number of methoxy groups -OCH3 is 1. The number of carbonyl (C=O) groups excluding carboxylic acids is 2. The van der Waals surface area contributed by atoms with Crippen LogP contribution in [0, 0.1) is 6.92 Å². The molecule has 0 atom stereocenters. The van der Waals surface area contributed by atoms with Crippen molar-refractivity contribution in [3.05, 3.63) is 53.6 Å². The van der Waals surface area contributed by atoms with Crippen molar-refractivity contribution in [2.24, 2.45) is 0 Å². The first kappa shape index (κ1) is 22.7. The van der Waals surface area contributed by atoms with Crippen LogP contribution in [0.3, 0.4) is 0 Å². The highest BCUT2D eigenvalue weighted by Crippen LogP contribution is 2.29. The van der Waals surface area contributed by atoms with Crippen LogP contribution < -0.4 is 10.1 Å². The summed E-state index contributed by atoms with van der Waals surface area (Å²) in [6.45, 7) is 4.20. The number of ether oxygens (including phenoxy) is 2. The van der Waals surface area contributed by atoms with Gasteiger partial charge in [0.15, 0.2) is 6.61 Å². The number of carbonyl (C=O) groups is 2. The first-order chi connectivity index (χ1) is 15.1. The fraction of sp³-hybridized carbons (Fsp3) is 0.478. The maximum Gasteiger partial charge on any atom is 0.260 e. The number of likely N-dealkylation sites (tertiary alicyclic amines) is 1. The van der Waals surface area contributed by atoms with E-state index in [4.69, 9.17) is 9.47 Å². The monoisotopic (exact) mass is 426 g/mol. The summed E-state index contributed by atoms with van der Waals surface area (Å²) in [6, 6.07) is 9.32. The van der Waals surface area contributed by atoms with E-state index in [2.05, 4.69) is 15.3 Å². The lowest BCUT2D eigenvalue weighted by Gasteiger charge is -2.32. The molecule has 1 aliphatic heterocycles. The molecule has 0 spiro atoms. The third-order valence-corrected chi connectivity index (χ3v) is 5.33. The van der Waals surface area contributed by atoms with E-state index in [0.717, 1.165) is 25.0 Å². The van der Waals surface area contributed by atoms with Gasteiger partial charge in [-0.1, -0.05) is 18.2 Å². The third kappa shape index (κ3) is 6.49. The number of rotatable bonds is 9. The highest BCUT2D eigenvalue weighted by atomic mass is 16.5. The van der Waals surface area contributed by atoms with E-state index >= 15 is 0 Å². The van der Waals surface area contributed by atoms with Gasteiger partial charge >= 0.3 is 0 Å². The zero-order valence-corrected chi connectivity index (χ0v) is 18.2. The van der Waals surface area contributed by atoms with E-state index in [1.807, 2.05) is 42.2 Å². The minimum Gasteiger partial charge on any atom is -0.484 e. The minimum atomic E-state index is -0.166. The van der Waals surface area contributed by atoms with Crippen molar-refractivity contribution in [3.63, 3.8) is 0 Å². The molecular formula is C23H30N4O4. The van der Waals surface area contributed by atoms with E-state index in [0.29, 0.717) is 43.4 Å². The lowest BCUT2D eigenvalue weighted by Crippen LogP contribution is -2.41. The molecule has 0 unspecified atom stereocenters. The zero-order valence-electron chi connectivity index (χ0n) is 18.2. The van der Waals surface area contributed by atoms with Crippen LogP contribution in [0.25, 0.3) is 0 Å². The second kappa shape index (κ2) is 11.4. The number of aromatic nitrogens is 2. The molecule has 1 aromatic carbocycles. The Bertz CT molecular complexity index is 867. The van der Waals surface area contributed by atoms with E-state index in [-0.39, 0.29) is 24.3 Å². The predicted octanol–water partition coefficient (Wildman–Crippen LogP) is 2.34. The number of piperidine rings is 1. The summed E-state index contributed by atoms with van der Waals surface area (Å²) in [5.74, 6) is 1.24. The molecule has 3 rings (SSSR count). The van der Waals surface area contributed by atoms with Gasteiger partial charge < -0.3 is 19.7 Å². The van der Waals surface area contributed by atoms with Gasteiger partial charge in [-0.25, -0.2) is 9.97 Å². The van der Waals surface area contributed by atoms with Crippen LogP contribution in [0.15, 0.2) is 36.5 Å². The van der Waals surface area contributed by atoms with E-state index < -0.39 is 0 Å². The number of nitrogens with one attached hydrogen (secondary N) is 1. The van der Waals surface area contributed by atoms with Gasteiger partial charge in [0.05, 0.1) is 11.3 Å². The predicted molar refractivity (Wildman–Crippen MR) is 116 cm³/mol. The Hall–Kier alpha value is -3.00. The molecule has 1 N–H and O–H groups in total. The smallest absolute Gasteiger partial charge is 0.260 e. The summed E-state index contributed by atoms with van der Waals surface area (Å²) in [5, 5.41) is 2.91. The van der Waals surface area contributed by atoms with Gasteiger partial charge in [-0.3, -0.25) is 9.59 Å². The van der Waals surface area contributed by atoms with E-state index in [9.17, 15) is 9.59 Å². The molecule has 1 aliphatic rings. The van der Waals surface area contributed by atoms with Crippen LogP contribution in [0.1, 0.15) is 47.1 Å². The molecular weight excluding hydrogens is 396 g/mol. The number of hydrogen-bond donors (Lipinski definition) is 1. The van der Waals surface area contributed by atoms with Crippen molar-refractivity contribution in [1.82, 2.24) is 20.2 Å². The summed E-state index contributed by atoms with van der Waals surface area (Å²) < 4.78 is 10.6. The second-order valence-electron chi connectivity index (χ2n) is 7.58. The molecule has 166 valence electrons. The minimum absolute atomic E-state index is 0.0242. The standard InChI is InChI=1S/C23H30N4O4/c1-17-25-15-20(23(29)24-11-6-14-30-2)22(26-17)18-9-12-27(13-10-18)21(28)16-31-19-7-4-3-5-8-19/h3-5,7-8,15,18H,6,9-14,16H2,1-2H3,(H,24,29). The number of aryl methyl sites for hydroxylation is 1. The van der Waals surface area contributed by atoms with Gasteiger partial charge in [-0.2, -0.15) is 0 Å². The van der Waals surface area contributed by atoms with Crippen molar-refractivity contribution < 1.29 is 19.1 Å². The molecule has 0 saturated carbocycles. The average Bonchev–Trinajstić information content (AvgIpc) is 2.81. The summed E-state index contributed by atoms with van der Waals surface area (Å²) in [7, 11) is 1.64. The largest absolute Gasteiger partial charge is 0.484 e. The Morgan fingerprint density at radius 1 is 1.19 bits per heavy atom. The average molecular weight is 427 g/mol. The van der Waals surface area contributed by atoms with Crippen molar-refractivity contribution in [2.75, 3.05) is 40.0 Å². The van der Waals surface area contributed by atoms with Crippen LogP contribution in [-0.2, 0) is 9.53 Å². The molecule has 2 aromatic rings. The summed E-state index contributed by atoms with van der Waals surface area (Å²) in [5.41, 5.74) is 1.28. The summed E-state index contributed by atoms with van der Waals surface area (Å²) in [6.07, 6.45) is 3.85. The van der Waals surface area contributed by atoms with E-state index in [1.165, 1.54) is 0 Å². The Balaban J connectivity index is 1.56. The Morgan fingerprint density at radius 3 is 2.65 bits per heavy atom. The topological polar surface area (TPSA) is 93.6 Å². The number of para-hydroxylation sites is 1. The van der Waals surface area contributed by atoms with Crippen LogP contribution in [-0.4, -0.2) is 66.6 Å². The van der Waals surface area contributed by atoms with Crippen LogP contribution in [0.2, 0.25) is 0 Å². The Morgan fingerprint density at radius 2 is 1.94 bits per heavy atom. The van der Waals surface area contributed by atoms with Gasteiger partial charge in [0, 0.05) is 45.5 Å². The van der Waals surface area contributed by atoms with Gasteiger partial charge in [0.1, 0.15) is 11.6 Å². The van der Waals surface area contributed by atoms with Crippen LogP contribution in [0.4, 0.5) is 0 Å². The number of amides is 2. The third-order valence-electron chi connectivity index (χ3n) is 5.33. The second-order valence-corrected chi connectivity index (χ2v) is 7.58. The maximum atomic E-state index is 12.7. The zero-order chi connectivity index (χ0) is 22.1. The quantitative estimate of drug-likeness (QED) is 0.619. The molecule has 1 aromatic heterocycles. The number of benzene rings is 1. The molecule has 2 heterocycles. The van der Waals surface area contributed by atoms with Crippen LogP contribution in [0.5, 0.6) is 5.75 Å². The van der Waals surface area contributed by atoms with Gasteiger partial charge in [0.2, 0.25) is 0 Å². The fourth-order valence-electron chi connectivity index (χ4n) is 3.64. The molecule has 0 aliphatic carbocycles. The fourth-order valence-corrected chi connectivity index (χ4v) is 3.64. The van der Waals surface area contributed by atoms with Crippen molar-refractivity contribution in [1.29, 1.82) is 0 Å². The highest BCUT2D eigenvalue weighted by Gasteiger charge is 2.28.